The summed E-state index contributed by atoms with van der Waals surface area (Å²) in [7, 11) is 0. The fraction of sp³-hybridized carbons (Fsp3) is 0.318. The highest BCUT2D eigenvalue weighted by atomic mass is 19.1. The molecule has 3 N–H and O–H groups in total. The van der Waals surface area contributed by atoms with Gasteiger partial charge in [-0.3, -0.25) is 9.58 Å². The molecule has 1 aliphatic heterocycles. The Balaban J connectivity index is 1.68. The number of carboxylic acids is 1. The minimum atomic E-state index is -1.14. The second-order valence-corrected chi connectivity index (χ2v) is 7.32. The van der Waals surface area contributed by atoms with E-state index in [1.54, 1.807) is 13.0 Å². The number of aromatic nitrogens is 3. The van der Waals surface area contributed by atoms with E-state index in [0.29, 0.717) is 36.4 Å². The molecule has 0 unspecified atom stereocenters. The first-order valence-corrected chi connectivity index (χ1v) is 9.90. The molecule has 1 saturated heterocycles. The van der Waals surface area contributed by atoms with Crippen LogP contribution in [0.5, 0.6) is 0 Å². The molecule has 31 heavy (non-hydrogen) atoms. The number of benzene rings is 1. The molecule has 0 spiro atoms. The predicted octanol–water partition coefficient (Wildman–Crippen LogP) is 1.89. The van der Waals surface area contributed by atoms with Gasteiger partial charge in [0.2, 0.25) is 0 Å². The van der Waals surface area contributed by atoms with Gasteiger partial charge in [0, 0.05) is 31.2 Å². The topological polar surface area (TPSA) is 107 Å². The predicted molar refractivity (Wildman–Crippen MR) is 113 cm³/mol. The third-order valence-corrected chi connectivity index (χ3v) is 5.26. The first-order valence-electron chi connectivity index (χ1n) is 9.90. The lowest BCUT2D eigenvalue weighted by Gasteiger charge is -2.26. The van der Waals surface area contributed by atoms with Crippen LogP contribution >= 0.6 is 0 Å². The van der Waals surface area contributed by atoms with Gasteiger partial charge in [0.1, 0.15) is 17.2 Å². The number of hydrogen-bond donors (Lipinski definition) is 2. The van der Waals surface area contributed by atoms with Crippen molar-refractivity contribution in [3.05, 3.63) is 52.7 Å². The van der Waals surface area contributed by atoms with Gasteiger partial charge in [-0.15, -0.1) is 0 Å². The van der Waals surface area contributed by atoms with E-state index in [-0.39, 0.29) is 22.8 Å². The molecule has 0 aliphatic carbocycles. The van der Waals surface area contributed by atoms with E-state index in [1.165, 1.54) is 18.3 Å². The maximum absolute atomic E-state index is 13.9. The molecule has 2 aromatic heterocycles. The molecular weight excluding hydrogens is 401 g/mol. The van der Waals surface area contributed by atoms with Crippen molar-refractivity contribution in [1.29, 1.82) is 0 Å². The summed E-state index contributed by atoms with van der Waals surface area (Å²) in [6, 6.07) is 4.47. The van der Waals surface area contributed by atoms with Crippen molar-refractivity contribution < 1.29 is 19.0 Å². The molecule has 0 radical (unpaired) electrons. The average molecular weight is 423 g/mol. The van der Waals surface area contributed by atoms with Gasteiger partial charge in [-0.05, 0) is 42.5 Å². The van der Waals surface area contributed by atoms with Crippen LogP contribution in [-0.2, 0) is 11.3 Å². The number of aromatic carboxylic acids is 1. The monoisotopic (exact) mass is 423 g/mol. The van der Waals surface area contributed by atoms with Gasteiger partial charge >= 0.3 is 5.97 Å². The number of halogens is 1. The fourth-order valence-electron chi connectivity index (χ4n) is 3.60. The van der Waals surface area contributed by atoms with Crippen LogP contribution < -0.4 is 5.73 Å². The van der Waals surface area contributed by atoms with Crippen molar-refractivity contribution in [3.63, 3.8) is 0 Å². The van der Waals surface area contributed by atoms with Crippen molar-refractivity contribution >= 4 is 22.6 Å². The van der Waals surface area contributed by atoms with E-state index < -0.39 is 5.97 Å². The maximum Gasteiger partial charge on any atom is 0.338 e. The molecule has 0 amide bonds. The number of anilines is 1. The Morgan fingerprint density at radius 1 is 1.26 bits per heavy atom. The normalized spacial score (nSPS) is 14.4. The van der Waals surface area contributed by atoms with Crippen LogP contribution in [0.4, 0.5) is 10.1 Å². The second-order valence-electron chi connectivity index (χ2n) is 7.32. The number of rotatable bonds is 4. The molecule has 1 aromatic carbocycles. The van der Waals surface area contributed by atoms with E-state index >= 15 is 0 Å². The summed E-state index contributed by atoms with van der Waals surface area (Å²) in [6.45, 7) is 6.19. The largest absolute Gasteiger partial charge is 0.478 e. The van der Waals surface area contributed by atoms with Gasteiger partial charge in [0.25, 0.3) is 0 Å². The Bertz CT molecular complexity index is 1210. The van der Waals surface area contributed by atoms with Gasteiger partial charge in [0.15, 0.2) is 0 Å². The number of carbonyl (C=O) groups is 1. The summed E-state index contributed by atoms with van der Waals surface area (Å²) in [4.78, 5) is 17.9. The summed E-state index contributed by atoms with van der Waals surface area (Å²) >= 11 is 0. The first kappa shape index (κ1) is 20.8. The minimum Gasteiger partial charge on any atom is -0.478 e. The number of nitrogen functional groups attached to an aromatic ring is 1. The average Bonchev–Trinajstić information content (AvgIpc) is 3.09. The van der Waals surface area contributed by atoms with Crippen LogP contribution in [0.15, 0.2) is 24.4 Å². The van der Waals surface area contributed by atoms with Crippen LogP contribution in [0.25, 0.3) is 10.9 Å². The summed E-state index contributed by atoms with van der Waals surface area (Å²) in [5.41, 5.74) is 7.71. The smallest absolute Gasteiger partial charge is 0.338 e. The molecule has 4 rings (SSSR count). The van der Waals surface area contributed by atoms with Crippen molar-refractivity contribution in [2.24, 2.45) is 0 Å². The lowest BCUT2D eigenvalue weighted by molar-refractivity contribution is 0.0361. The second kappa shape index (κ2) is 8.71. The molecule has 3 aromatic rings. The minimum absolute atomic E-state index is 0.00207. The van der Waals surface area contributed by atoms with Crippen molar-refractivity contribution in [2.45, 2.75) is 13.5 Å². The van der Waals surface area contributed by atoms with Crippen molar-refractivity contribution in [1.82, 2.24) is 19.7 Å². The number of morpholine rings is 1. The van der Waals surface area contributed by atoms with Crippen molar-refractivity contribution in [2.75, 3.05) is 38.6 Å². The van der Waals surface area contributed by atoms with Crippen LogP contribution in [0.3, 0.4) is 0 Å². The molecule has 0 atom stereocenters. The quantitative estimate of drug-likeness (QED) is 0.617. The lowest BCUT2D eigenvalue weighted by atomic mass is 10.1. The van der Waals surface area contributed by atoms with Gasteiger partial charge < -0.3 is 15.6 Å². The molecule has 0 bridgehead atoms. The van der Waals surface area contributed by atoms with Crippen LogP contribution in [0.2, 0.25) is 0 Å². The van der Waals surface area contributed by atoms with Crippen LogP contribution in [0.1, 0.15) is 27.3 Å². The number of hydrogen-bond acceptors (Lipinski definition) is 6. The lowest BCUT2D eigenvalue weighted by Crippen LogP contribution is -2.38. The molecule has 160 valence electrons. The zero-order valence-electron chi connectivity index (χ0n) is 17.1. The number of carboxylic acid groups (broad SMARTS) is 1. The van der Waals surface area contributed by atoms with Crippen LogP contribution in [0, 0.1) is 24.6 Å². The molecule has 3 heterocycles. The molecular formula is C22H22FN5O3. The van der Waals surface area contributed by atoms with E-state index in [1.807, 2.05) is 4.68 Å². The highest BCUT2D eigenvalue weighted by molar-refractivity contribution is 5.96. The van der Waals surface area contributed by atoms with Crippen LogP contribution in [-0.4, -0.2) is 63.6 Å². The van der Waals surface area contributed by atoms with Gasteiger partial charge in [0.05, 0.1) is 36.5 Å². The van der Waals surface area contributed by atoms with E-state index in [0.717, 1.165) is 25.2 Å². The molecule has 9 heteroatoms. The Kier molecular flexibility index (Phi) is 5.84. The molecule has 0 saturated carbocycles. The van der Waals surface area contributed by atoms with E-state index in [9.17, 15) is 14.3 Å². The SMILES string of the molecule is Cc1cnc(C#Cc2nn(CCN3CCOCC3)c3ccc(F)cc23)c(N)c1C(=O)O. The summed E-state index contributed by atoms with van der Waals surface area (Å²) < 4.78 is 21.1. The first-order chi connectivity index (χ1) is 14.9. The molecule has 8 nitrogen and oxygen atoms in total. The Hall–Kier alpha value is -3.48. The number of aryl methyl sites for hydroxylation is 1. The summed E-state index contributed by atoms with van der Waals surface area (Å²) in [5.74, 6) is 4.18. The van der Waals surface area contributed by atoms with Gasteiger partial charge in [-0.25, -0.2) is 14.2 Å². The molecule has 1 aliphatic rings. The standard InChI is InChI=1S/C22H22FN5O3/c1-14-13-25-18(21(24)20(14)22(29)30)4-3-17-16-12-15(23)2-5-19(16)28(26-17)7-6-27-8-10-31-11-9-27/h2,5,12-13H,6-11,24H2,1H3,(H,29,30). The fourth-order valence-corrected chi connectivity index (χ4v) is 3.60. The van der Waals surface area contributed by atoms with Gasteiger partial charge in [-0.2, -0.15) is 5.10 Å². The number of pyridine rings is 1. The third-order valence-electron chi connectivity index (χ3n) is 5.26. The number of nitrogens with zero attached hydrogens (tertiary/aromatic N) is 4. The van der Waals surface area contributed by atoms with Gasteiger partial charge in [-0.1, -0.05) is 0 Å². The zero-order chi connectivity index (χ0) is 22.0. The maximum atomic E-state index is 13.9. The Labute approximate surface area is 178 Å². The third kappa shape index (κ3) is 4.35. The number of nitrogens with two attached hydrogens (primary N) is 1. The summed E-state index contributed by atoms with van der Waals surface area (Å²) in [6.07, 6.45) is 1.42. The Morgan fingerprint density at radius 3 is 2.74 bits per heavy atom. The van der Waals surface area contributed by atoms with E-state index in [2.05, 4.69) is 26.8 Å². The Morgan fingerprint density at radius 2 is 2.00 bits per heavy atom. The number of fused-ring (bicyclic) bond motifs is 1. The summed E-state index contributed by atoms with van der Waals surface area (Å²) in [5, 5.41) is 14.5. The van der Waals surface area contributed by atoms with Crippen molar-refractivity contribution in [3.8, 4) is 11.8 Å². The molecule has 1 fully saturated rings. The highest BCUT2D eigenvalue weighted by Crippen LogP contribution is 2.21. The van der Waals surface area contributed by atoms with E-state index in [4.69, 9.17) is 10.5 Å². The number of ether oxygens (including phenoxy) is 1. The highest BCUT2D eigenvalue weighted by Gasteiger charge is 2.16. The zero-order valence-corrected chi connectivity index (χ0v) is 17.1.